The van der Waals surface area contributed by atoms with Gasteiger partial charge in [0.2, 0.25) is 11.8 Å². The second-order valence-corrected chi connectivity index (χ2v) is 11.3. The van der Waals surface area contributed by atoms with Crippen LogP contribution in [-0.2, 0) is 17.6 Å². The number of nitrogens with zero attached hydrogens (tertiary/aromatic N) is 3. The van der Waals surface area contributed by atoms with Crippen LogP contribution in [0.15, 0.2) is 33.9 Å². The van der Waals surface area contributed by atoms with Crippen molar-refractivity contribution in [1.82, 2.24) is 10.2 Å². The van der Waals surface area contributed by atoms with Crippen LogP contribution >= 0.6 is 34.7 Å². The summed E-state index contributed by atoms with van der Waals surface area (Å²) in [7, 11) is 0. The van der Waals surface area contributed by atoms with E-state index >= 15 is 0 Å². The zero-order chi connectivity index (χ0) is 22.9. The van der Waals surface area contributed by atoms with Gasteiger partial charge in [-0.1, -0.05) is 44.1 Å². The van der Waals surface area contributed by atoms with E-state index in [-0.39, 0.29) is 17.1 Å². The van der Waals surface area contributed by atoms with Crippen molar-refractivity contribution in [2.75, 3.05) is 11.1 Å². The molecule has 0 spiro atoms. The van der Waals surface area contributed by atoms with Gasteiger partial charge in [-0.25, -0.2) is 0 Å². The average Bonchev–Trinajstić information content (AvgIpc) is 3.35. The van der Waals surface area contributed by atoms with Crippen LogP contribution in [0.2, 0.25) is 5.02 Å². The topological polar surface area (TPSA) is 91.8 Å². The highest BCUT2D eigenvalue weighted by molar-refractivity contribution is 7.99. The molecule has 3 aromatic rings. The Labute approximate surface area is 200 Å². The SMILES string of the molecule is CC(C)(C)C1CCc2c(sc(NC(=O)CSc3nnc(-c4ccc(Cl)cc4)o3)c2C#N)C1. The molecule has 1 amide bonds. The van der Waals surface area contributed by atoms with Gasteiger partial charge in [-0.2, -0.15) is 5.26 Å². The first-order valence-corrected chi connectivity index (χ1v) is 12.5. The summed E-state index contributed by atoms with van der Waals surface area (Å²) in [4.78, 5) is 13.8. The molecule has 0 saturated carbocycles. The molecular formula is C23H23ClN4O2S2. The van der Waals surface area contributed by atoms with E-state index in [0.717, 1.165) is 42.2 Å². The van der Waals surface area contributed by atoms with Gasteiger partial charge in [-0.05, 0) is 60.4 Å². The fraction of sp³-hybridized carbons (Fsp3) is 0.391. The minimum Gasteiger partial charge on any atom is -0.411 e. The molecule has 1 unspecified atom stereocenters. The molecule has 1 aliphatic carbocycles. The zero-order valence-electron chi connectivity index (χ0n) is 18.1. The molecule has 0 saturated heterocycles. The van der Waals surface area contributed by atoms with Crippen LogP contribution < -0.4 is 5.32 Å². The maximum absolute atomic E-state index is 12.6. The first kappa shape index (κ1) is 22.8. The molecular weight excluding hydrogens is 464 g/mol. The first-order valence-electron chi connectivity index (χ1n) is 10.3. The van der Waals surface area contributed by atoms with Crippen LogP contribution in [0.3, 0.4) is 0 Å². The van der Waals surface area contributed by atoms with Gasteiger partial charge in [0, 0.05) is 15.5 Å². The fourth-order valence-corrected chi connectivity index (χ4v) is 5.78. The highest BCUT2D eigenvalue weighted by Crippen LogP contribution is 2.44. The predicted molar refractivity (Wildman–Crippen MR) is 128 cm³/mol. The molecule has 2 aromatic heterocycles. The smallest absolute Gasteiger partial charge is 0.277 e. The number of hydrogen-bond acceptors (Lipinski definition) is 7. The molecule has 0 fully saturated rings. The Morgan fingerprint density at radius 3 is 2.78 bits per heavy atom. The molecule has 1 atom stereocenters. The van der Waals surface area contributed by atoms with E-state index in [0.29, 0.717) is 32.6 Å². The molecule has 9 heteroatoms. The highest BCUT2D eigenvalue weighted by Gasteiger charge is 2.32. The quantitative estimate of drug-likeness (QED) is 0.431. The van der Waals surface area contributed by atoms with E-state index in [9.17, 15) is 10.1 Å². The van der Waals surface area contributed by atoms with Crippen molar-refractivity contribution in [2.45, 2.75) is 45.3 Å². The number of fused-ring (bicyclic) bond motifs is 1. The molecule has 1 N–H and O–H groups in total. The number of carbonyl (C=O) groups is 1. The lowest BCUT2D eigenvalue weighted by molar-refractivity contribution is -0.113. The van der Waals surface area contributed by atoms with Crippen LogP contribution in [0.5, 0.6) is 0 Å². The van der Waals surface area contributed by atoms with E-state index in [1.54, 1.807) is 24.3 Å². The Hall–Kier alpha value is -2.34. The minimum atomic E-state index is -0.205. The van der Waals surface area contributed by atoms with E-state index in [2.05, 4.69) is 42.4 Å². The Bertz CT molecular complexity index is 1170. The number of nitriles is 1. The standard InChI is InChI=1S/C23H23ClN4O2S2/c1-23(2,3)14-6-9-16-17(11-25)21(32-18(16)10-14)26-19(29)12-31-22-28-27-20(30-22)13-4-7-15(24)8-5-13/h4-5,7-8,14H,6,9-10,12H2,1-3H3,(H,26,29). The molecule has 0 aliphatic heterocycles. The largest absolute Gasteiger partial charge is 0.411 e. The first-order chi connectivity index (χ1) is 15.2. The molecule has 1 aromatic carbocycles. The summed E-state index contributed by atoms with van der Waals surface area (Å²) in [5, 5.41) is 22.2. The van der Waals surface area contributed by atoms with Gasteiger partial charge >= 0.3 is 0 Å². The fourth-order valence-electron chi connectivity index (χ4n) is 3.80. The van der Waals surface area contributed by atoms with Gasteiger partial charge in [-0.15, -0.1) is 21.5 Å². The number of aromatic nitrogens is 2. The Morgan fingerprint density at radius 2 is 2.09 bits per heavy atom. The molecule has 0 bridgehead atoms. The predicted octanol–water partition coefficient (Wildman–Crippen LogP) is 6.20. The third-order valence-corrected chi connectivity index (χ3v) is 7.92. The molecule has 166 valence electrons. The molecule has 4 rings (SSSR count). The number of hydrogen-bond donors (Lipinski definition) is 1. The van der Waals surface area contributed by atoms with Crippen LogP contribution in [0.1, 0.15) is 43.2 Å². The number of nitrogens with one attached hydrogen (secondary N) is 1. The van der Waals surface area contributed by atoms with Gasteiger partial charge in [0.25, 0.3) is 5.22 Å². The molecule has 32 heavy (non-hydrogen) atoms. The van der Waals surface area contributed by atoms with Gasteiger partial charge in [-0.3, -0.25) is 4.79 Å². The van der Waals surface area contributed by atoms with Crippen molar-refractivity contribution in [3.05, 3.63) is 45.3 Å². The number of rotatable bonds is 5. The van der Waals surface area contributed by atoms with Gasteiger partial charge < -0.3 is 9.73 Å². The second-order valence-electron chi connectivity index (χ2n) is 8.84. The minimum absolute atomic E-state index is 0.111. The average molecular weight is 487 g/mol. The zero-order valence-corrected chi connectivity index (χ0v) is 20.5. The summed E-state index contributed by atoms with van der Waals surface area (Å²) in [6.07, 6.45) is 2.91. The van der Waals surface area contributed by atoms with Gasteiger partial charge in [0.1, 0.15) is 11.1 Å². The summed E-state index contributed by atoms with van der Waals surface area (Å²) in [6.45, 7) is 6.78. The maximum atomic E-state index is 12.6. The second kappa shape index (κ2) is 9.26. The molecule has 1 aliphatic rings. The van der Waals surface area contributed by atoms with E-state index in [4.69, 9.17) is 16.0 Å². The summed E-state index contributed by atoms with van der Waals surface area (Å²) in [5.41, 5.74) is 2.70. The molecule has 6 nitrogen and oxygen atoms in total. The van der Waals surface area contributed by atoms with Crippen LogP contribution in [0, 0.1) is 22.7 Å². The number of benzene rings is 1. The van der Waals surface area contributed by atoms with Gasteiger partial charge in [0.05, 0.1) is 11.3 Å². The number of amides is 1. The van der Waals surface area contributed by atoms with Crippen molar-refractivity contribution < 1.29 is 9.21 Å². The van der Waals surface area contributed by atoms with Crippen molar-refractivity contribution in [2.24, 2.45) is 11.3 Å². The Balaban J connectivity index is 1.39. The van der Waals surface area contributed by atoms with E-state index in [1.807, 2.05) is 0 Å². The number of halogens is 1. The third-order valence-electron chi connectivity index (χ3n) is 5.68. The van der Waals surface area contributed by atoms with Crippen LogP contribution in [0.4, 0.5) is 5.00 Å². The lowest BCUT2D eigenvalue weighted by atomic mass is 9.72. The lowest BCUT2D eigenvalue weighted by Crippen LogP contribution is -2.26. The normalized spacial score (nSPS) is 15.8. The molecule has 2 heterocycles. The van der Waals surface area contributed by atoms with Crippen molar-refractivity contribution in [1.29, 1.82) is 5.26 Å². The maximum Gasteiger partial charge on any atom is 0.277 e. The summed E-state index contributed by atoms with van der Waals surface area (Å²) >= 11 is 8.60. The Morgan fingerprint density at radius 1 is 1.34 bits per heavy atom. The monoisotopic (exact) mass is 486 g/mol. The van der Waals surface area contributed by atoms with Crippen molar-refractivity contribution in [3.63, 3.8) is 0 Å². The highest BCUT2D eigenvalue weighted by atomic mass is 35.5. The van der Waals surface area contributed by atoms with Crippen LogP contribution in [-0.4, -0.2) is 21.9 Å². The number of carbonyl (C=O) groups excluding carboxylic acids is 1. The number of anilines is 1. The summed E-state index contributed by atoms with van der Waals surface area (Å²) in [6, 6.07) is 9.39. The van der Waals surface area contributed by atoms with Gasteiger partial charge in [0.15, 0.2) is 0 Å². The van der Waals surface area contributed by atoms with Crippen LogP contribution in [0.25, 0.3) is 11.5 Å². The van der Waals surface area contributed by atoms with E-state index in [1.165, 1.54) is 16.2 Å². The summed E-state index contributed by atoms with van der Waals surface area (Å²) < 4.78 is 5.63. The van der Waals surface area contributed by atoms with Crippen molar-refractivity contribution in [3.8, 4) is 17.5 Å². The Kier molecular flexibility index (Phi) is 6.61. The molecule has 0 radical (unpaired) electrons. The number of thioether (sulfide) groups is 1. The van der Waals surface area contributed by atoms with E-state index < -0.39 is 0 Å². The lowest BCUT2D eigenvalue weighted by Gasteiger charge is -2.33. The number of thiophene rings is 1. The van der Waals surface area contributed by atoms with Crippen molar-refractivity contribution >= 4 is 45.6 Å². The third kappa shape index (κ3) is 5.01. The summed E-state index contributed by atoms with van der Waals surface area (Å²) in [5.74, 6) is 0.853.